The number of hydrogen-bond donors (Lipinski definition) is 0. The van der Waals surface area contributed by atoms with Gasteiger partial charge in [0.05, 0.1) is 38.7 Å². The van der Waals surface area contributed by atoms with Crippen LogP contribution in [0.1, 0.15) is 0 Å². The van der Waals surface area contributed by atoms with Crippen molar-refractivity contribution in [2.75, 3.05) is 0 Å². The van der Waals surface area contributed by atoms with Gasteiger partial charge in [0, 0.05) is 51.0 Å². The topological polar surface area (TPSA) is 53.5 Å². The van der Waals surface area contributed by atoms with Crippen molar-refractivity contribution in [1.82, 2.24) is 28.7 Å². The average Bonchev–Trinajstić information content (AvgIpc) is 3.89. The summed E-state index contributed by atoms with van der Waals surface area (Å²) in [6, 6.07) is 58.7. The molecule has 0 radical (unpaired) electrons. The molecule has 6 heteroatoms. The first-order chi connectivity index (χ1) is 26.3. The molecule has 248 valence electrons. The molecule has 0 atom stereocenters. The highest BCUT2D eigenvalue weighted by Crippen LogP contribution is 2.38. The van der Waals surface area contributed by atoms with Gasteiger partial charge in [0.25, 0.3) is 0 Å². The van der Waals surface area contributed by atoms with Gasteiger partial charge in [-0.15, -0.1) is 0 Å². The predicted octanol–water partition coefficient (Wildman–Crippen LogP) is 11.3. The first-order valence-electron chi connectivity index (χ1n) is 17.8. The maximum absolute atomic E-state index is 4.97. The summed E-state index contributed by atoms with van der Waals surface area (Å²) in [5.41, 5.74) is 13.2. The van der Waals surface area contributed by atoms with Gasteiger partial charge < -0.3 is 9.13 Å². The molecule has 0 saturated carbocycles. The maximum atomic E-state index is 4.97. The first-order valence-corrected chi connectivity index (χ1v) is 17.8. The standard InChI is InChI=1S/C47H30N6/c1-2-10-34(11-3-1)51-42-15-7-4-12-37(42)39-26-31(18-24-44(39)51)32-19-25-45-40(27-32)38-13-5-8-16-43(38)52(45)35-20-22-36(23-21-35)53-46-17-9-6-14-41(46)50-47(53)33-28-48-30-49-29-33/h1-30H. The summed E-state index contributed by atoms with van der Waals surface area (Å²) in [7, 11) is 0. The van der Waals surface area contributed by atoms with Gasteiger partial charge in [-0.1, -0.05) is 78.9 Å². The normalized spacial score (nSPS) is 11.8. The zero-order valence-corrected chi connectivity index (χ0v) is 28.5. The third kappa shape index (κ3) is 4.56. The number of rotatable bonds is 5. The van der Waals surface area contributed by atoms with Crippen molar-refractivity contribution < 1.29 is 0 Å². The molecule has 11 aromatic rings. The molecule has 0 amide bonds. The van der Waals surface area contributed by atoms with Crippen molar-refractivity contribution in [1.29, 1.82) is 0 Å². The van der Waals surface area contributed by atoms with E-state index in [4.69, 9.17) is 4.98 Å². The van der Waals surface area contributed by atoms with E-state index in [1.54, 1.807) is 6.33 Å². The van der Waals surface area contributed by atoms with Crippen molar-refractivity contribution in [2.45, 2.75) is 0 Å². The van der Waals surface area contributed by atoms with E-state index >= 15 is 0 Å². The maximum Gasteiger partial charge on any atom is 0.148 e. The summed E-state index contributed by atoms with van der Waals surface area (Å²) >= 11 is 0. The summed E-state index contributed by atoms with van der Waals surface area (Å²) in [4.78, 5) is 13.5. The molecule has 0 aliphatic rings. The highest BCUT2D eigenvalue weighted by molar-refractivity contribution is 6.12. The third-order valence-electron chi connectivity index (χ3n) is 10.4. The van der Waals surface area contributed by atoms with Crippen LogP contribution in [0.2, 0.25) is 0 Å². The largest absolute Gasteiger partial charge is 0.309 e. The van der Waals surface area contributed by atoms with Gasteiger partial charge in [-0.2, -0.15) is 0 Å². The third-order valence-corrected chi connectivity index (χ3v) is 10.4. The Hall–Kier alpha value is -7.31. The van der Waals surface area contributed by atoms with Crippen LogP contribution < -0.4 is 0 Å². The number of nitrogens with zero attached hydrogens (tertiary/aromatic N) is 6. The Morgan fingerprint density at radius 3 is 1.42 bits per heavy atom. The van der Waals surface area contributed by atoms with E-state index in [9.17, 15) is 0 Å². The molecule has 0 saturated heterocycles. The molecule has 0 aliphatic heterocycles. The molecular weight excluding hydrogens is 649 g/mol. The number of para-hydroxylation sites is 5. The number of imidazole rings is 1. The highest BCUT2D eigenvalue weighted by Gasteiger charge is 2.18. The molecule has 6 nitrogen and oxygen atoms in total. The van der Waals surface area contributed by atoms with Crippen LogP contribution in [0.3, 0.4) is 0 Å². The van der Waals surface area contributed by atoms with Gasteiger partial charge in [0.15, 0.2) is 0 Å². The number of benzene rings is 7. The van der Waals surface area contributed by atoms with Gasteiger partial charge in [-0.05, 0) is 96.1 Å². The van der Waals surface area contributed by atoms with E-state index in [0.717, 1.165) is 33.8 Å². The molecule has 0 bridgehead atoms. The van der Waals surface area contributed by atoms with Crippen LogP contribution >= 0.6 is 0 Å². The molecule has 4 heterocycles. The summed E-state index contributed by atoms with van der Waals surface area (Å²) in [6.07, 6.45) is 5.17. The number of hydrogen-bond acceptors (Lipinski definition) is 3. The lowest BCUT2D eigenvalue weighted by Gasteiger charge is -2.12. The Morgan fingerprint density at radius 1 is 0.340 bits per heavy atom. The van der Waals surface area contributed by atoms with Crippen LogP contribution in [-0.4, -0.2) is 28.7 Å². The van der Waals surface area contributed by atoms with Crippen molar-refractivity contribution in [3.63, 3.8) is 0 Å². The lowest BCUT2D eigenvalue weighted by molar-refractivity contribution is 1.07. The van der Waals surface area contributed by atoms with Gasteiger partial charge in [-0.25, -0.2) is 15.0 Å². The van der Waals surface area contributed by atoms with Crippen molar-refractivity contribution in [2.24, 2.45) is 0 Å². The van der Waals surface area contributed by atoms with Crippen LogP contribution in [0.5, 0.6) is 0 Å². The van der Waals surface area contributed by atoms with E-state index in [-0.39, 0.29) is 0 Å². The minimum atomic E-state index is 0.812. The minimum absolute atomic E-state index is 0.812. The molecule has 0 spiro atoms. The molecule has 7 aromatic carbocycles. The second kappa shape index (κ2) is 11.6. The molecule has 0 N–H and O–H groups in total. The van der Waals surface area contributed by atoms with Crippen LogP contribution in [0.25, 0.3) is 94.2 Å². The summed E-state index contributed by atoms with van der Waals surface area (Å²) < 4.78 is 6.92. The lowest BCUT2D eigenvalue weighted by Crippen LogP contribution is -2.00. The Bertz CT molecular complexity index is 3150. The van der Waals surface area contributed by atoms with E-state index in [1.807, 2.05) is 30.6 Å². The fraction of sp³-hybridized carbons (Fsp3) is 0. The second-order valence-corrected chi connectivity index (χ2v) is 13.4. The fourth-order valence-electron chi connectivity index (χ4n) is 8.08. The molecule has 4 aromatic heterocycles. The summed E-state index contributed by atoms with van der Waals surface area (Å²) in [5, 5.41) is 4.95. The van der Waals surface area contributed by atoms with Gasteiger partial charge in [0.1, 0.15) is 12.2 Å². The van der Waals surface area contributed by atoms with Gasteiger partial charge in [0.2, 0.25) is 0 Å². The van der Waals surface area contributed by atoms with Crippen LogP contribution in [0, 0.1) is 0 Å². The molecule has 0 fully saturated rings. The number of aromatic nitrogens is 6. The summed E-state index contributed by atoms with van der Waals surface area (Å²) in [6.45, 7) is 0. The van der Waals surface area contributed by atoms with Crippen molar-refractivity contribution >= 4 is 54.6 Å². The Labute approximate surface area is 304 Å². The quantitative estimate of drug-likeness (QED) is 0.182. The highest BCUT2D eigenvalue weighted by atomic mass is 15.1. The molecule has 11 rings (SSSR count). The zero-order chi connectivity index (χ0) is 34.9. The van der Waals surface area contributed by atoms with E-state index in [0.29, 0.717) is 0 Å². The smallest absolute Gasteiger partial charge is 0.148 e. The van der Waals surface area contributed by atoms with Crippen molar-refractivity contribution in [3.8, 4) is 39.6 Å². The van der Waals surface area contributed by atoms with Gasteiger partial charge >= 0.3 is 0 Å². The monoisotopic (exact) mass is 678 g/mol. The minimum Gasteiger partial charge on any atom is -0.309 e. The molecule has 53 heavy (non-hydrogen) atoms. The Morgan fingerprint density at radius 2 is 0.811 bits per heavy atom. The first kappa shape index (κ1) is 29.4. The van der Waals surface area contributed by atoms with Gasteiger partial charge in [-0.3, -0.25) is 4.57 Å². The fourth-order valence-corrected chi connectivity index (χ4v) is 8.08. The SMILES string of the molecule is c1ccc(-n2c3ccccc3c3cc(-c4ccc5c(c4)c4ccccc4n5-c4ccc(-n5c(-c6cncnc6)nc6ccccc65)cc4)ccc32)cc1. The van der Waals surface area contributed by atoms with Crippen LogP contribution in [0.4, 0.5) is 0 Å². The summed E-state index contributed by atoms with van der Waals surface area (Å²) in [5.74, 6) is 0.812. The second-order valence-electron chi connectivity index (χ2n) is 13.4. The predicted molar refractivity (Wildman–Crippen MR) is 216 cm³/mol. The molecule has 0 unspecified atom stereocenters. The Kier molecular flexibility index (Phi) is 6.45. The van der Waals surface area contributed by atoms with Crippen LogP contribution in [0.15, 0.2) is 183 Å². The van der Waals surface area contributed by atoms with E-state index in [2.05, 4.69) is 169 Å². The average molecular weight is 679 g/mol. The Balaban J connectivity index is 1.04. The van der Waals surface area contributed by atoms with E-state index in [1.165, 1.54) is 60.4 Å². The molecular formula is C47H30N6. The lowest BCUT2D eigenvalue weighted by atomic mass is 10.0. The van der Waals surface area contributed by atoms with Crippen molar-refractivity contribution in [3.05, 3.63) is 183 Å². The zero-order valence-electron chi connectivity index (χ0n) is 28.5. The number of fused-ring (bicyclic) bond motifs is 7. The van der Waals surface area contributed by atoms with Crippen LogP contribution in [-0.2, 0) is 0 Å². The van der Waals surface area contributed by atoms with E-state index < -0.39 is 0 Å². The molecule has 0 aliphatic carbocycles.